The third kappa shape index (κ3) is 4.04. The summed E-state index contributed by atoms with van der Waals surface area (Å²) >= 11 is 0. The van der Waals surface area contributed by atoms with Crippen LogP contribution in [-0.2, 0) is 24.1 Å². The number of ether oxygens (including phenoxy) is 2. The zero-order chi connectivity index (χ0) is 23.8. The summed E-state index contributed by atoms with van der Waals surface area (Å²) in [6, 6.07) is 10.7. The molecular formula is C26H27FN4O3. The third-order valence-corrected chi connectivity index (χ3v) is 6.39. The Morgan fingerprint density at radius 3 is 2.74 bits per heavy atom. The number of methoxy groups -OCH3 is 1. The van der Waals surface area contributed by atoms with Crippen molar-refractivity contribution in [2.24, 2.45) is 0 Å². The zero-order valence-corrected chi connectivity index (χ0v) is 19.6. The fourth-order valence-electron chi connectivity index (χ4n) is 4.51. The van der Waals surface area contributed by atoms with Gasteiger partial charge in [0.25, 0.3) is 5.91 Å². The molecule has 0 N–H and O–H groups in total. The van der Waals surface area contributed by atoms with Crippen LogP contribution in [0.2, 0.25) is 0 Å². The molecule has 7 nitrogen and oxygen atoms in total. The lowest BCUT2D eigenvalue weighted by molar-refractivity contribution is -0.130. The summed E-state index contributed by atoms with van der Waals surface area (Å²) in [5.74, 6) is 1.68. The van der Waals surface area contributed by atoms with Crippen LogP contribution in [0.1, 0.15) is 23.2 Å². The van der Waals surface area contributed by atoms with Gasteiger partial charge in [0, 0.05) is 49.2 Å². The van der Waals surface area contributed by atoms with Gasteiger partial charge in [0.15, 0.2) is 24.0 Å². The van der Waals surface area contributed by atoms with Crippen LogP contribution in [0, 0.1) is 5.82 Å². The maximum atomic E-state index is 14.4. The van der Waals surface area contributed by atoms with Crippen LogP contribution in [0.4, 0.5) is 15.9 Å². The molecule has 0 saturated carbocycles. The number of aromatic nitrogens is 2. The number of rotatable bonds is 6. The molecule has 0 saturated heterocycles. The van der Waals surface area contributed by atoms with Crippen LogP contribution < -0.4 is 14.4 Å². The number of anilines is 2. The topological polar surface area (TPSA) is 67.8 Å². The van der Waals surface area contributed by atoms with Crippen LogP contribution in [-0.4, -0.2) is 55.1 Å². The normalized spacial score (nSPS) is 14.1. The lowest BCUT2D eigenvalue weighted by Crippen LogP contribution is -2.27. The van der Waals surface area contributed by atoms with E-state index in [0.29, 0.717) is 17.1 Å². The van der Waals surface area contributed by atoms with Gasteiger partial charge in [0.2, 0.25) is 0 Å². The molecule has 3 aromatic rings. The third-order valence-electron chi connectivity index (χ3n) is 6.39. The van der Waals surface area contributed by atoms with E-state index in [0.717, 1.165) is 55.0 Å². The first-order chi connectivity index (χ1) is 16.4. The minimum absolute atomic E-state index is 0.0120. The fourth-order valence-corrected chi connectivity index (χ4v) is 4.51. The largest absolute Gasteiger partial charge is 0.494 e. The Balaban J connectivity index is 1.51. The first-order valence-electron chi connectivity index (χ1n) is 11.4. The van der Waals surface area contributed by atoms with Crippen molar-refractivity contribution in [1.82, 2.24) is 14.9 Å². The van der Waals surface area contributed by atoms with Crippen LogP contribution in [0.5, 0.6) is 11.5 Å². The SMILES string of the molecule is COc1ccc(-c2nc3c(c(N4CCc5ccc(OCC(=O)N(C)C)cc54)n2)CCC3)cc1F. The number of hydrogen-bond acceptors (Lipinski definition) is 6. The smallest absolute Gasteiger partial charge is 0.259 e. The number of carbonyl (C=O) groups excluding carboxylic acids is 1. The second-order valence-corrected chi connectivity index (χ2v) is 8.77. The highest BCUT2D eigenvalue weighted by molar-refractivity contribution is 5.77. The van der Waals surface area contributed by atoms with Gasteiger partial charge in [-0.2, -0.15) is 0 Å². The van der Waals surface area contributed by atoms with Crippen LogP contribution >= 0.6 is 0 Å². The van der Waals surface area contributed by atoms with E-state index in [1.165, 1.54) is 23.6 Å². The van der Waals surface area contributed by atoms with E-state index in [2.05, 4.69) is 4.90 Å². The molecule has 1 aliphatic heterocycles. The Kier molecular flexibility index (Phi) is 5.81. The molecular weight excluding hydrogens is 435 g/mol. The van der Waals surface area contributed by atoms with Crippen LogP contribution in [0.15, 0.2) is 36.4 Å². The predicted octanol–water partition coefficient (Wildman–Crippen LogP) is 3.94. The van der Waals surface area contributed by atoms with Crippen LogP contribution in [0.25, 0.3) is 11.4 Å². The van der Waals surface area contributed by atoms with Crippen molar-refractivity contribution >= 4 is 17.4 Å². The quantitative estimate of drug-likeness (QED) is 0.553. The van der Waals surface area contributed by atoms with Gasteiger partial charge >= 0.3 is 0 Å². The number of benzene rings is 2. The van der Waals surface area contributed by atoms with E-state index >= 15 is 0 Å². The molecule has 1 aliphatic carbocycles. The van der Waals surface area contributed by atoms with Gasteiger partial charge in [0.05, 0.1) is 7.11 Å². The van der Waals surface area contributed by atoms with E-state index in [-0.39, 0.29) is 18.3 Å². The fraction of sp³-hybridized carbons (Fsp3) is 0.346. The van der Waals surface area contributed by atoms with E-state index in [4.69, 9.17) is 19.4 Å². The molecule has 1 aromatic heterocycles. The molecule has 2 heterocycles. The second-order valence-electron chi connectivity index (χ2n) is 8.77. The Morgan fingerprint density at radius 2 is 1.97 bits per heavy atom. The second kappa shape index (κ2) is 8.93. The molecule has 0 fully saturated rings. The van der Waals surface area contributed by atoms with Gasteiger partial charge in [-0.3, -0.25) is 4.79 Å². The van der Waals surface area contributed by atoms with Gasteiger partial charge in [-0.05, 0) is 55.5 Å². The average molecular weight is 463 g/mol. The number of nitrogens with zero attached hydrogens (tertiary/aromatic N) is 4. The Bertz CT molecular complexity index is 1260. The molecule has 0 radical (unpaired) electrons. The molecule has 1 amide bonds. The van der Waals surface area contributed by atoms with Crippen molar-refractivity contribution in [3.63, 3.8) is 0 Å². The first-order valence-corrected chi connectivity index (χ1v) is 11.4. The van der Waals surface area contributed by atoms with Crippen molar-refractivity contribution in [3.05, 3.63) is 59.0 Å². The summed E-state index contributed by atoms with van der Waals surface area (Å²) in [5, 5.41) is 0. The number of likely N-dealkylation sites (N-methyl/N-ethyl adjacent to an activating group) is 1. The van der Waals surface area contributed by atoms with E-state index in [9.17, 15) is 9.18 Å². The lowest BCUT2D eigenvalue weighted by atomic mass is 10.1. The number of carbonyl (C=O) groups is 1. The summed E-state index contributed by atoms with van der Waals surface area (Å²) in [6.45, 7) is 0.775. The molecule has 2 aromatic carbocycles. The molecule has 0 bridgehead atoms. The van der Waals surface area contributed by atoms with Crippen molar-refractivity contribution in [2.75, 3.05) is 39.3 Å². The van der Waals surface area contributed by atoms with Crippen molar-refractivity contribution in [3.8, 4) is 22.9 Å². The maximum absolute atomic E-state index is 14.4. The number of fused-ring (bicyclic) bond motifs is 2. The first kappa shape index (κ1) is 22.1. The standard InChI is InChI=1S/C26H27FN4O3/c1-30(2)24(32)15-34-18-9-7-16-11-12-31(22(16)14-18)26-19-5-4-6-21(19)28-25(29-26)17-8-10-23(33-3)20(27)13-17/h7-10,13-14H,4-6,11-12,15H2,1-3H3. The summed E-state index contributed by atoms with van der Waals surface area (Å²) in [4.78, 5) is 25.3. The molecule has 5 rings (SSSR count). The summed E-state index contributed by atoms with van der Waals surface area (Å²) < 4.78 is 25.2. The van der Waals surface area contributed by atoms with E-state index in [1.54, 1.807) is 26.2 Å². The average Bonchev–Trinajstić information content (AvgIpc) is 3.48. The monoisotopic (exact) mass is 462 g/mol. The predicted molar refractivity (Wildman–Crippen MR) is 127 cm³/mol. The molecule has 0 unspecified atom stereocenters. The highest BCUT2D eigenvalue weighted by atomic mass is 19.1. The Morgan fingerprint density at radius 1 is 1.12 bits per heavy atom. The molecule has 176 valence electrons. The van der Waals surface area contributed by atoms with Gasteiger partial charge in [-0.15, -0.1) is 0 Å². The minimum Gasteiger partial charge on any atom is -0.494 e. The molecule has 0 spiro atoms. The van der Waals surface area contributed by atoms with E-state index < -0.39 is 5.82 Å². The highest BCUT2D eigenvalue weighted by Gasteiger charge is 2.29. The van der Waals surface area contributed by atoms with Gasteiger partial charge in [0.1, 0.15) is 11.6 Å². The highest BCUT2D eigenvalue weighted by Crippen LogP contribution is 2.41. The number of halogens is 1. The number of hydrogen-bond donors (Lipinski definition) is 0. The maximum Gasteiger partial charge on any atom is 0.259 e. The molecule has 0 atom stereocenters. The summed E-state index contributed by atoms with van der Waals surface area (Å²) in [6.07, 6.45) is 3.71. The molecule has 8 heteroatoms. The number of aryl methyl sites for hydroxylation is 1. The Hall–Kier alpha value is -3.68. The minimum atomic E-state index is -0.439. The lowest BCUT2D eigenvalue weighted by Gasteiger charge is -2.23. The summed E-state index contributed by atoms with van der Waals surface area (Å²) in [5.41, 5.74) is 5.02. The van der Waals surface area contributed by atoms with Gasteiger partial charge in [-0.25, -0.2) is 14.4 Å². The van der Waals surface area contributed by atoms with Gasteiger partial charge in [-0.1, -0.05) is 6.07 Å². The number of amides is 1. The van der Waals surface area contributed by atoms with Crippen LogP contribution in [0.3, 0.4) is 0 Å². The van der Waals surface area contributed by atoms with Crippen molar-refractivity contribution in [2.45, 2.75) is 25.7 Å². The molecule has 2 aliphatic rings. The summed E-state index contributed by atoms with van der Waals surface area (Å²) in [7, 11) is 4.86. The zero-order valence-electron chi connectivity index (χ0n) is 19.6. The van der Waals surface area contributed by atoms with Crippen molar-refractivity contribution in [1.29, 1.82) is 0 Å². The van der Waals surface area contributed by atoms with Gasteiger partial charge < -0.3 is 19.3 Å². The van der Waals surface area contributed by atoms with E-state index in [1.807, 2.05) is 18.2 Å². The van der Waals surface area contributed by atoms with Crippen molar-refractivity contribution < 1.29 is 18.7 Å². The molecule has 34 heavy (non-hydrogen) atoms. The Labute approximate surface area is 198 Å².